The van der Waals surface area contributed by atoms with Crippen LogP contribution in [0.5, 0.6) is 0 Å². The van der Waals surface area contributed by atoms with Crippen LogP contribution in [0.15, 0.2) is 23.0 Å². The van der Waals surface area contributed by atoms with E-state index in [4.69, 9.17) is 0 Å². The van der Waals surface area contributed by atoms with Crippen molar-refractivity contribution in [1.82, 2.24) is 13.8 Å². The van der Waals surface area contributed by atoms with Crippen LogP contribution in [0.25, 0.3) is 10.1 Å². The van der Waals surface area contributed by atoms with Crippen molar-refractivity contribution in [2.24, 2.45) is 5.92 Å². The van der Waals surface area contributed by atoms with Crippen LogP contribution < -0.4 is 5.56 Å². The van der Waals surface area contributed by atoms with Gasteiger partial charge in [0.05, 0.1) is 16.8 Å². The molecule has 122 valence electrons. The molecule has 0 radical (unpaired) electrons. The zero-order valence-corrected chi connectivity index (χ0v) is 13.5. The lowest BCUT2D eigenvalue weighted by Gasteiger charge is -2.34. The number of nitrogens with zero attached hydrogens (tertiary/aromatic N) is 3. The fourth-order valence-corrected chi connectivity index (χ4v) is 4.06. The quantitative estimate of drug-likeness (QED) is 0.858. The molecule has 2 heterocycles. The molecule has 5 nitrogen and oxygen atoms in total. The highest BCUT2D eigenvalue weighted by Gasteiger charge is 2.34. The fraction of sp³-hybridized carbons (Fsp3) is 0.500. The van der Waals surface area contributed by atoms with Gasteiger partial charge in [-0.05, 0) is 25.0 Å². The minimum Gasteiger partial charge on any atom is -0.340 e. The lowest BCUT2D eigenvalue weighted by Crippen LogP contribution is -2.49. The Labute approximate surface area is 137 Å². The number of fused-ring (bicyclic) bond motifs is 1. The molecule has 7 heteroatoms. The van der Waals surface area contributed by atoms with Crippen molar-refractivity contribution < 1.29 is 9.18 Å². The Bertz CT molecular complexity index is 803. The SMILES string of the molecule is O=C(C1CC1)N1CCN(Cn2sc3c(F)cccc3c2=O)CC1. The number of hydrogen-bond donors (Lipinski definition) is 0. The second kappa shape index (κ2) is 5.72. The van der Waals surface area contributed by atoms with Crippen molar-refractivity contribution in [2.45, 2.75) is 19.5 Å². The Morgan fingerprint density at radius 1 is 1.22 bits per heavy atom. The normalized spacial score (nSPS) is 19.4. The first-order valence-electron chi connectivity index (χ1n) is 7.93. The molecule has 2 fully saturated rings. The standard InChI is InChI=1S/C16H18FN3O2S/c17-13-3-1-2-12-14(13)23-20(16(12)22)10-18-6-8-19(9-7-18)15(21)11-4-5-11/h1-3,11H,4-10H2. The Morgan fingerprint density at radius 2 is 1.96 bits per heavy atom. The molecule has 1 amide bonds. The predicted octanol–water partition coefficient (Wildman–Crippen LogP) is 1.71. The van der Waals surface area contributed by atoms with E-state index in [-0.39, 0.29) is 23.2 Å². The Kier molecular flexibility index (Phi) is 3.69. The maximum atomic E-state index is 13.8. The summed E-state index contributed by atoms with van der Waals surface area (Å²) < 4.78 is 15.8. The van der Waals surface area contributed by atoms with Gasteiger partial charge in [-0.2, -0.15) is 0 Å². The van der Waals surface area contributed by atoms with Crippen molar-refractivity contribution >= 4 is 27.5 Å². The Hall–Kier alpha value is -1.73. The molecule has 1 aromatic heterocycles. The summed E-state index contributed by atoms with van der Waals surface area (Å²) in [5, 5.41) is 0.442. The number of piperazine rings is 1. The predicted molar refractivity (Wildman–Crippen MR) is 86.9 cm³/mol. The van der Waals surface area contributed by atoms with E-state index < -0.39 is 0 Å². The molecule has 0 bridgehead atoms. The number of hydrogen-bond acceptors (Lipinski definition) is 4. The third-order valence-electron chi connectivity index (χ3n) is 4.56. The van der Waals surface area contributed by atoms with Gasteiger partial charge >= 0.3 is 0 Å². The molecule has 4 rings (SSSR count). The molecule has 1 aliphatic heterocycles. The molecule has 0 unspecified atom stereocenters. The first kappa shape index (κ1) is 14.8. The van der Waals surface area contributed by atoms with Gasteiger partial charge in [-0.1, -0.05) is 17.6 Å². The Balaban J connectivity index is 1.45. The lowest BCUT2D eigenvalue weighted by atomic mass is 10.2. The van der Waals surface area contributed by atoms with E-state index in [2.05, 4.69) is 4.90 Å². The lowest BCUT2D eigenvalue weighted by molar-refractivity contribution is -0.134. The topological polar surface area (TPSA) is 45.6 Å². The van der Waals surface area contributed by atoms with Crippen LogP contribution >= 0.6 is 11.5 Å². The number of halogens is 1. The van der Waals surface area contributed by atoms with Crippen molar-refractivity contribution in [3.8, 4) is 0 Å². The molecule has 0 spiro atoms. The second-order valence-electron chi connectivity index (χ2n) is 6.25. The molecular weight excluding hydrogens is 317 g/mol. The summed E-state index contributed by atoms with van der Waals surface area (Å²) in [5.41, 5.74) is -0.138. The second-order valence-corrected chi connectivity index (χ2v) is 7.28. The van der Waals surface area contributed by atoms with Crippen molar-refractivity contribution in [2.75, 3.05) is 26.2 Å². The molecule has 2 aliphatic rings. The van der Waals surface area contributed by atoms with E-state index in [1.54, 1.807) is 16.1 Å². The van der Waals surface area contributed by atoms with E-state index >= 15 is 0 Å². The molecule has 23 heavy (non-hydrogen) atoms. The van der Waals surface area contributed by atoms with Crippen LogP contribution in [0.4, 0.5) is 4.39 Å². The van der Waals surface area contributed by atoms with Crippen LogP contribution in [0.1, 0.15) is 12.8 Å². The number of rotatable bonds is 3. The minimum atomic E-state index is -0.344. The number of benzene rings is 1. The van der Waals surface area contributed by atoms with Gasteiger partial charge in [-0.15, -0.1) is 0 Å². The van der Waals surface area contributed by atoms with Crippen LogP contribution in [0.3, 0.4) is 0 Å². The summed E-state index contributed by atoms with van der Waals surface area (Å²) in [6.07, 6.45) is 2.06. The highest BCUT2D eigenvalue weighted by atomic mass is 32.1. The molecule has 0 atom stereocenters. The van der Waals surface area contributed by atoms with Gasteiger partial charge in [0, 0.05) is 32.1 Å². The van der Waals surface area contributed by atoms with Crippen LogP contribution in [-0.2, 0) is 11.5 Å². The Morgan fingerprint density at radius 3 is 2.61 bits per heavy atom. The van der Waals surface area contributed by atoms with Gasteiger partial charge < -0.3 is 4.90 Å². The summed E-state index contributed by atoms with van der Waals surface area (Å²) >= 11 is 1.17. The molecular formula is C16H18FN3O2S. The molecule has 0 N–H and O–H groups in total. The largest absolute Gasteiger partial charge is 0.340 e. The summed E-state index contributed by atoms with van der Waals surface area (Å²) in [4.78, 5) is 28.5. The maximum Gasteiger partial charge on any atom is 0.269 e. The van der Waals surface area contributed by atoms with Crippen molar-refractivity contribution in [3.05, 3.63) is 34.4 Å². The summed E-state index contributed by atoms with van der Waals surface area (Å²) in [6, 6.07) is 4.61. The highest BCUT2D eigenvalue weighted by Crippen LogP contribution is 2.31. The first-order valence-corrected chi connectivity index (χ1v) is 8.70. The van der Waals surface area contributed by atoms with Crippen LogP contribution in [0, 0.1) is 11.7 Å². The average molecular weight is 335 g/mol. The molecule has 1 saturated heterocycles. The number of carbonyl (C=O) groups is 1. The average Bonchev–Trinajstić information content (AvgIpc) is 3.36. The van der Waals surface area contributed by atoms with E-state index in [1.165, 1.54) is 17.6 Å². The number of aromatic nitrogens is 1. The zero-order chi connectivity index (χ0) is 16.0. The van der Waals surface area contributed by atoms with E-state index in [0.29, 0.717) is 29.8 Å². The third-order valence-corrected chi connectivity index (χ3v) is 5.66. The van der Waals surface area contributed by atoms with Crippen molar-refractivity contribution in [1.29, 1.82) is 0 Å². The monoisotopic (exact) mass is 335 g/mol. The molecule has 1 aliphatic carbocycles. The zero-order valence-electron chi connectivity index (χ0n) is 12.7. The highest BCUT2D eigenvalue weighted by molar-refractivity contribution is 7.13. The third kappa shape index (κ3) is 2.79. The van der Waals surface area contributed by atoms with Gasteiger partial charge in [0.2, 0.25) is 5.91 Å². The first-order chi connectivity index (χ1) is 11.1. The number of amides is 1. The molecule has 2 aromatic rings. The fourth-order valence-electron chi connectivity index (χ4n) is 3.03. The van der Waals surface area contributed by atoms with Gasteiger partial charge in [0.1, 0.15) is 5.82 Å². The van der Waals surface area contributed by atoms with Crippen LogP contribution in [-0.4, -0.2) is 45.8 Å². The van der Waals surface area contributed by atoms with Crippen molar-refractivity contribution in [3.63, 3.8) is 0 Å². The van der Waals surface area contributed by atoms with Gasteiger partial charge in [0.25, 0.3) is 5.56 Å². The summed E-state index contributed by atoms with van der Waals surface area (Å²) in [5.74, 6) is 0.198. The molecule has 1 aromatic carbocycles. The van der Waals surface area contributed by atoms with Crippen LogP contribution in [0.2, 0.25) is 0 Å². The van der Waals surface area contributed by atoms with Gasteiger partial charge in [-0.3, -0.25) is 14.5 Å². The van der Waals surface area contributed by atoms with Gasteiger partial charge in [0.15, 0.2) is 0 Å². The van der Waals surface area contributed by atoms with E-state index in [1.807, 2.05) is 4.90 Å². The summed E-state index contributed by atoms with van der Waals surface area (Å²) in [6.45, 7) is 3.39. The van der Waals surface area contributed by atoms with E-state index in [0.717, 1.165) is 25.9 Å². The minimum absolute atomic E-state index is 0.138. The number of carbonyl (C=O) groups excluding carboxylic acids is 1. The van der Waals surface area contributed by atoms with Gasteiger partial charge in [-0.25, -0.2) is 8.35 Å². The summed E-state index contributed by atoms with van der Waals surface area (Å²) in [7, 11) is 0. The smallest absolute Gasteiger partial charge is 0.269 e. The maximum absolute atomic E-state index is 13.8. The molecule has 1 saturated carbocycles. The van der Waals surface area contributed by atoms with E-state index in [9.17, 15) is 14.0 Å².